The standard InChI is InChI=1S/C13H19NO3/c1-4-9(2)8-14-13(16)10-5-6-12(17-3)11(15)7-10/h5-7,9,15H,4,8H2,1-3H3,(H,14,16). The van der Waals surface area contributed by atoms with Crippen LogP contribution in [0.4, 0.5) is 0 Å². The molecular weight excluding hydrogens is 218 g/mol. The van der Waals surface area contributed by atoms with Gasteiger partial charge in [-0.2, -0.15) is 0 Å². The maximum atomic E-state index is 11.8. The Bertz CT molecular complexity index is 390. The monoisotopic (exact) mass is 237 g/mol. The van der Waals surface area contributed by atoms with Gasteiger partial charge in [0.1, 0.15) is 0 Å². The first-order valence-corrected chi connectivity index (χ1v) is 5.73. The minimum Gasteiger partial charge on any atom is -0.504 e. The van der Waals surface area contributed by atoms with E-state index < -0.39 is 0 Å². The van der Waals surface area contributed by atoms with Gasteiger partial charge in [-0.1, -0.05) is 20.3 Å². The van der Waals surface area contributed by atoms with Crippen LogP contribution in [0.3, 0.4) is 0 Å². The second-order valence-corrected chi connectivity index (χ2v) is 4.11. The van der Waals surface area contributed by atoms with Gasteiger partial charge in [0.15, 0.2) is 11.5 Å². The molecule has 0 aromatic heterocycles. The number of phenols is 1. The van der Waals surface area contributed by atoms with E-state index in [1.54, 1.807) is 12.1 Å². The van der Waals surface area contributed by atoms with E-state index in [-0.39, 0.29) is 11.7 Å². The summed E-state index contributed by atoms with van der Waals surface area (Å²) in [5.74, 6) is 0.612. The second kappa shape index (κ2) is 6.13. The van der Waals surface area contributed by atoms with E-state index in [2.05, 4.69) is 19.2 Å². The molecule has 0 aliphatic rings. The van der Waals surface area contributed by atoms with Gasteiger partial charge >= 0.3 is 0 Å². The van der Waals surface area contributed by atoms with Crippen molar-refractivity contribution in [2.24, 2.45) is 5.92 Å². The molecule has 0 aliphatic heterocycles. The fourth-order valence-electron chi connectivity index (χ4n) is 1.34. The third-order valence-corrected chi connectivity index (χ3v) is 2.75. The summed E-state index contributed by atoms with van der Waals surface area (Å²) in [6.45, 7) is 4.80. The zero-order chi connectivity index (χ0) is 12.8. The number of nitrogens with one attached hydrogen (secondary N) is 1. The van der Waals surface area contributed by atoms with Crippen molar-refractivity contribution in [3.8, 4) is 11.5 Å². The van der Waals surface area contributed by atoms with Crippen LogP contribution in [0.5, 0.6) is 11.5 Å². The van der Waals surface area contributed by atoms with Crippen molar-refractivity contribution >= 4 is 5.91 Å². The van der Waals surface area contributed by atoms with Crippen molar-refractivity contribution < 1.29 is 14.6 Å². The maximum absolute atomic E-state index is 11.8. The molecule has 94 valence electrons. The van der Waals surface area contributed by atoms with Crippen LogP contribution in [-0.4, -0.2) is 24.7 Å². The van der Waals surface area contributed by atoms with Gasteiger partial charge in [0, 0.05) is 12.1 Å². The summed E-state index contributed by atoms with van der Waals surface area (Å²) in [4.78, 5) is 11.8. The quantitative estimate of drug-likeness (QED) is 0.825. The Balaban J connectivity index is 2.66. The van der Waals surface area contributed by atoms with Crippen LogP contribution < -0.4 is 10.1 Å². The van der Waals surface area contributed by atoms with E-state index in [1.807, 2.05) is 0 Å². The molecule has 0 bridgehead atoms. The van der Waals surface area contributed by atoms with Crippen molar-refractivity contribution in [3.05, 3.63) is 23.8 Å². The van der Waals surface area contributed by atoms with E-state index >= 15 is 0 Å². The molecule has 17 heavy (non-hydrogen) atoms. The summed E-state index contributed by atoms with van der Waals surface area (Å²) < 4.78 is 4.91. The number of carbonyl (C=O) groups excluding carboxylic acids is 1. The lowest BCUT2D eigenvalue weighted by Crippen LogP contribution is -2.27. The van der Waals surface area contributed by atoms with Gasteiger partial charge in [0.2, 0.25) is 0 Å². The summed E-state index contributed by atoms with van der Waals surface area (Å²) in [6.07, 6.45) is 1.02. The van der Waals surface area contributed by atoms with Crippen LogP contribution in [0.2, 0.25) is 0 Å². The van der Waals surface area contributed by atoms with E-state index in [1.165, 1.54) is 13.2 Å². The van der Waals surface area contributed by atoms with Gasteiger partial charge in [0.25, 0.3) is 5.91 Å². The summed E-state index contributed by atoms with van der Waals surface area (Å²) >= 11 is 0. The van der Waals surface area contributed by atoms with Crippen molar-refractivity contribution in [2.75, 3.05) is 13.7 Å². The number of amides is 1. The van der Waals surface area contributed by atoms with Crippen molar-refractivity contribution in [1.82, 2.24) is 5.32 Å². The predicted octanol–water partition coefficient (Wildman–Crippen LogP) is 2.18. The van der Waals surface area contributed by atoms with Crippen molar-refractivity contribution in [1.29, 1.82) is 0 Å². The van der Waals surface area contributed by atoms with Gasteiger partial charge < -0.3 is 15.2 Å². The first kappa shape index (κ1) is 13.4. The van der Waals surface area contributed by atoms with Crippen LogP contribution in [0.25, 0.3) is 0 Å². The number of carbonyl (C=O) groups is 1. The summed E-state index contributed by atoms with van der Waals surface area (Å²) in [5, 5.41) is 12.4. The summed E-state index contributed by atoms with van der Waals surface area (Å²) in [6, 6.07) is 4.61. The zero-order valence-electron chi connectivity index (χ0n) is 10.5. The SMILES string of the molecule is CCC(C)CNC(=O)c1ccc(OC)c(O)c1. The lowest BCUT2D eigenvalue weighted by atomic mass is 10.1. The van der Waals surface area contributed by atoms with Crippen LogP contribution in [0.1, 0.15) is 30.6 Å². The first-order valence-electron chi connectivity index (χ1n) is 5.73. The molecule has 0 spiro atoms. The molecule has 0 heterocycles. The Morgan fingerprint density at radius 3 is 2.76 bits per heavy atom. The number of ether oxygens (including phenoxy) is 1. The van der Waals surface area contributed by atoms with Gasteiger partial charge in [-0.05, 0) is 24.1 Å². The van der Waals surface area contributed by atoms with Crippen LogP contribution in [0, 0.1) is 5.92 Å². The van der Waals surface area contributed by atoms with Crippen LogP contribution >= 0.6 is 0 Å². The molecule has 0 saturated heterocycles. The zero-order valence-corrected chi connectivity index (χ0v) is 10.5. The van der Waals surface area contributed by atoms with Gasteiger partial charge in [0.05, 0.1) is 7.11 Å². The van der Waals surface area contributed by atoms with Gasteiger partial charge in [-0.3, -0.25) is 4.79 Å². The van der Waals surface area contributed by atoms with Crippen molar-refractivity contribution in [3.63, 3.8) is 0 Å². The Hall–Kier alpha value is -1.71. The predicted molar refractivity (Wildman–Crippen MR) is 66.4 cm³/mol. The Morgan fingerprint density at radius 1 is 1.53 bits per heavy atom. The molecule has 0 radical (unpaired) electrons. The fourth-order valence-corrected chi connectivity index (χ4v) is 1.34. The van der Waals surface area contributed by atoms with Crippen LogP contribution in [-0.2, 0) is 0 Å². The highest BCUT2D eigenvalue weighted by Gasteiger charge is 2.10. The second-order valence-electron chi connectivity index (χ2n) is 4.11. The third-order valence-electron chi connectivity index (χ3n) is 2.75. The van der Waals surface area contributed by atoms with E-state index in [0.29, 0.717) is 23.8 Å². The normalized spacial score (nSPS) is 11.9. The first-order chi connectivity index (χ1) is 8.08. The van der Waals surface area contributed by atoms with Gasteiger partial charge in [-0.15, -0.1) is 0 Å². The van der Waals surface area contributed by atoms with E-state index in [0.717, 1.165) is 6.42 Å². The molecule has 0 saturated carbocycles. The topological polar surface area (TPSA) is 58.6 Å². The number of hydrogen-bond acceptors (Lipinski definition) is 3. The fraction of sp³-hybridized carbons (Fsp3) is 0.462. The minimum absolute atomic E-state index is 0.0244. The summed E-state index contributed by atoms with van der Waals surface area (Å²) in [5.41, 5.74) is 0.437. The molecule has 1 unspecified atom stereocenters. The third kappa shape index (κ3) is 3.66. The van der Waals surface area contributed by atoms with Gasteiger partial charge in [-0.25, -0.2) is 0 Å². The molecule has 1 atom stereocenters. The van der Waals surface area contributed by atoms with Crippen molar-refractivity contribution in [2.45, 2.75) is 20.3 Å². The molecule has 1 rings (SSSR count). The Kier molecular flexibility index (Phi) is 4.82. The maximum Gasteiger partial charge on any atom is 0.251 e. The lowest BCUT2D eigenvalue weighted by molar-refractivity contribution is 0.0947. The Morgan fingerprint density at radius 2 is 2.24 bits per heavy atom. The number of benzene rings is 1. The minimum atomic E-state index is -0.178. The molecule has 1 aromatic rings. The molecule has 1 aromatic carbocycles. The molecule has 4 nitrogen and oxygen atoms in total. The number of rotatable bonds is 5. The molecule has 2 N–H and O–H groups in total. The smallest absolute Gasteiger partial charge is 0.251 e. The molecule has 0 aliphatic carbocycles. The average molecular weight is 237 g/mol. The van der Waals surface area contributed by atoms with Crippen LogP contribution in [0.15, 0.2) is 18.2 Å². The highest BCUT2D eigenvalue weighted by molar-refractivity contribution is 5.94. The average Bonchev–Trinajstić information content (AvgIpc) is 2.35. The largest absolute Gasteiger partial charge is 0.504 e. The Labute approximate surface area is 102 Å². The molecule has 1 amide bonds. The highest BCUT2D eigenvalue weighted by atomic mass is 16.5. The number of hydrogen-bond donors (Lipinski definition) is 2. The number of aromatic hydroxyl groups is 1. The molecule has 0 fully saturated rings. The molecular formula is C13H19NO3. The summed E-state index contributed by atoms with van der Waals surface area (Å²) in [7, 11) is 1.47. The lowest BCUT2D eigenvalue weighted by Gasteiger charge is -2.11. The number of methoxy groups -OCH3 is 1. The van der Waals surface area contributed by atoms with E-state index in [4.69, 9.17) is 4.74 Å². The highest BCUT2D eigenvalue weighted by Crippen LogP contribution is 2.26. The van der Waals surface area contributed by atoms with E-state index in [9.17, 15) is 9.90 Å². The number of phenolic OH excluding ortho intramolecular Hbond substituents is 1. The molecule has 4 heteroatoms.